The maximum atomic E-state index is 13.1. The molecule has 2 aromatic carbocycles. The Labute approximate surface area is 169 Å². The highest BCUT2D eigenvalue weighted by Crippen LogP contribution is 2.24. The Morgan fingerprint density at radius 1 is 1.21 bits per heavy atom. The largest absolute Gasteiger partial charge is 0.489 e. The van der Waals surface area contributed by atoms with Crippen LogP contribution in [0.1, 0.15) is 24.1 Å². The zero-order valence-corrected chi connectivity index (χ0v) is 16.4. The maximum Gasteiger partial charge on any atom is 0.251 e. The van der Waals surface area contributed by atoms with Crippen LogP contribution in [0.25, 0.3) is 11.4 Å². The molecule has 1 fully saturated rings. The van der Waals surface area contributed by atoms with E-state index >= 15 is 0 Å². The molecule has 0 amide bonds. The molecule has 0 radical (unpaired) electrons. The lowest BCUT2D eigenvalue weighted by molar-refractivity contribution is 0.0843. The number of nitrogens with zero attached hydrogens (tertiary/aromatic N) is 2. The summed E-state index contributed by atoms with van der Waals surface area (Å²) >= 11 is 0. The molecule has 4 rings (SSSR count). The zero-order chi connectivity index (χ0) is 20.2. The molecule has 29 heavy (non-hydrogen) atoms. The molecule has 0 bridgehead atoms. The summed E-state index contributed by atoms with van der Waals surface area (Å²) in [5.41, 5.74) is 2.61. The fourth-order valence-corrected chi connectivity index (χ4v) is 3.80. The molecular formula is C23H24FN3O2. The van der Waals surface area contributed by atoms with Crippen molar-refractivity contribution in [2.24, 2.45) is 0 Å². The Kier molecular flexibility index (Phi) is 5.71. The molecule has 3 aromatic rings. The summed E-state index contributed by atoms with van der Waals surface area (Å²) in [6.07, 6.45) is 2.08. The number of H-pyrrole nitrogens is 1. The van der Waals surface area contributed by atoms with Gasteiger partial charge in [-0.3, -0.25) is 9.69 Å². The smallest absolute Gasteiger partial charge is 0.251 e. The molecule has 0 saturated carbocycles. The van der Waals surface area contributed by atoms with Crippen LogP contribution in [-0.2, 0) is 6.54 Å². The van der Waals surface area contributed by atoms with Crippen LogP contribution >= 0.6 is 0 Å². The van der Waals surface area contributed by atoms with Crippen LogP contribution in [0, 0.1) is 12.7 Å². The van der Waals surface area contributed by atoms with E-state index in [1.807, 2.05) is 25.1 Å². The average Bonchev–Trinajstić information content (AvgIpc) is 2.70. The molecule has 1 aliphatic rings. The first-order valence-corrected chi connectivity index (χ1v) is 9.87. The van der Waals surface area contributed by atoms with Crippen LogP contribution in [0.5, 0.6) is 5.75 Å². The molecule has 0 spiro atoms. The molecule has 1 N–H and O–H groups in total. The number of benzene rings is 2. The number of aromatic nitrogens is 2. The highest BCUT2D eigenvalue weighted by atomic mass is 19.1. The fraction of sp³-hybridized carbons (Fsp3) is 0.304. The summed E-state index contributed by atoms with van der Waals surface area (Å²) in [4.78, 5) is 21.6. The molecule has 0 aliphatic carbocycles. The van der Waals surface area contributed by atoms with Gasteiger partial charge in [0.15, 0.2) is 0 Å². The number of hydrogen-bond acceptors (Lipinski definition) is 4. The fourth-order valence-electron chi connectivity index (χ4n) is 3.80. The minimum atomic E-state index is -0.262. The van der Waals surface area contributed by atoms with E-state index in [0.29, 0.717) is 17.3 Å². The van der Waals surface area contributed by atoms with Gasteiger partial charge in [-0.1, -0.05) is 24.3 Å². The van der Waals surface area contributed by atoms with Gasteiger partial charge in [0, 0.05) is 30.4 Å². The van der Waals surface area contributed by atoms with Crippen molar-refractivity contribution in [2.45, 2.75) is 32.4 Å². The molecule has 1 aliphatic heterocycles. The minimum Gasteiger partial charge on any atom is -0.489 e. The van der Waals surface area contributed by atoms with E-state index in [0.717, 1.165) is 43.6 Å². The van der Waals surface area contributed by atoms with Crippen molar-refractivity contribution < 1.29 is 9.13 Å². The summed E-state index contributed by atoms with van der Waals surface area (Å²) < 4.78 is 19.2. The van der Waals surface area contributed by atoms with Crippen LogP contribution in [0.2, 0.25) is 0 Å². The molecular weight excluding hydrogens is 369 g/mol. The Hall–Kier alpha value is -2.99. The molecule has 2 heterocycles. The van der Waals surface area contributed by atoms with Crippen molar-refractivity contribution >= 4 is 0 Å². The van der Waals surface area contributed by atoms with Gasteiger partial charge < -0.3 is 9.72 Å². The molecule has 1 aromatic heterocycles. The first-order chi connectivity index (χ1) is 14.1. The Morgan fingerprint density at radius 2 is 2.00 bits per heavy atom. The number of aromatic amines is 1. The normalized spacial score (nSPS) is 17.2. The van der Waals surface area contributed by atoms with E-state index in [1.165, 1.54) is 18.2 Å². The van der Waals surface area contributed by atoms with Crippen molar-refractivity contribution in [2.75, 3.05) is 13.1 Å². The van der Waals surface area contributed by atoms with Crippen LogP contribution in [-0.4, -0.2) is 34.1 Å². The predicted octanol–water partition coefficient (Wildman–Crippen LogP) is 3.93. The second-order valence-corrected chi connectivity index (χ2v) is 7.46. The van der Waals surface area contributed by atoms with Crippen molar-refractivity contribution in [3.05, 3.63) is 82.0 Å². The topological polar surface area (TPSA) is 58.2 Å². The standard InChI is InChI=1S/C23H24FN3O2/c1-16-13-22(28)26-23(25-16)21-7-3-2-5-17(21)14-27-12-4-6-20(15-27)29-19-10-8-18(24)9-11-19/h2-3,5,7-11,13,20H,4,6,12,14-15H2,1H3,(H,25,26,28). The van der Waals surface area contributed by atoms with E-state index in [1.54, 1.807) is 12.1 Å². The first-order valence-electron chi connectivity index (χ1n) is 9.87. The van der Waals surface area contributed by atoms with E-state index in [2.05, 4.69) is 20.9 Å². The van der Waals surface area contributed by atoms with Gasteiger partial charge in [-0.25, -0.2) is 9.37 Å². The number of likely N-dealkylation sites (tertiary alicyclic amines) is 1. The summed E-state index contributed by atoms with van der Waals surface area (Å²) in [6.45, 7) is 4.35. The van der Waals surface area contributed by atoms with Crippen molar-refractivity contribution in [3.63, 3.8) is 0 Å². The third kappa shape index (κ3) is 4.90. The highest BCUT2D eigenvalue weighted by molar-refractivity contribution is 5.60. The molecule has 1 saturated heterocycles. The summed E-state index contributed by atoms with van der Waals surface area (Å²) in [7, 11) is 0. The molecule has 1 atom stereocenters. The van der Waals surface area contributed by atoms with Gasteiger partial charge in [0.25, 0.3) is 5.56 Å². The van der Waals surface area contributed by atoms with E-state index in [-0.39, 0.29) is 17.5 Å². The Morgan fingerprint density at radius 3 is 2.79 bits per heavy atom. The van der Waals surface area contributed by atoms with E-state index in [9.17, 15) is 9.18 Å². The summed E-state index contributed by atoms with van der Waals surface area (Å²) in [5, 5.41) is 0. The number of aryl methyl sites for hydroxylation is 1. The van der Waals surface area contributed by atoms with Crippen molar-refractivity contribution in [1.29, 1.82) is 0 Å². The number of piperidine rings is 1. The number of nitrogens with one attached hydrogen (secondary N) is 1. The SMILES string of the molecule is Cc1cc(=O)[nH]c(-c2ccccc2CN2CCCC(Oc3ccc(F)cc3)C2)n1. The first kappa shape index (κ1) is 19.3. The van der Waals surface area contributed by atoms with Gasteiger partial charge in [-0.2, -0.15) is 0 Å². The summed E-state index contributed by atoms with van der Waals surface area (Å²) in [6, 6.07) is 15.7. The van der Waals surface area contributed by atoms with Crippen LogP contribution < -0.4 is 10.3 Å². The monoisotopic (exact) mass is 393 g/mol. The van der Waals surface area contributed by atoms with Crippen LogP contribution in [0.15, 0.2) is 59.4 Å². The summed E-state index contributed by atoms with van der Waals surface area (Å²) in [5.74, 6) is 1.03. The van der Waals surface area contributed by atoms with Crippen LogP contribution in [0.4, 0.5) is 4.39 Å². The maximum absolute atomic E-state index is 13.1. The number of halogens is 1. The molecule has 150 valence electrons. The predicted molar refractivity (Wildman–Crippen MR) is 110 cm³/mol. The third-order valence-corrected chi connectivity index (χ3v) is 5.11. The van der Waals surface area contributed by atoms with Gasteiger partial charge in [0.2, 0.25) is 0 Å². The van der Waals surface area contributed by atoms with Gasteiger partial charge in [-0.05, 0) is 56.1 Å². The zero-order valence-electron chi connectivity index (χ0n) is 16.4. The Balaban J connectivity index is 1.49. The average molecular weight is 393 g/mol. The van der Waals surface area contributed by atoms with Gasteiger partial charge in [0.1, 0.15) is 23.5 Å². The lowest BCUT2D eigenvalue weighted by atomic mass is 10.0. The Bertz CT molecular complexity index is 1030. The van der Waals surface area contributed by atoms with Crippen LogP contribution in [0.3, 0.4) is 0 Å². The molecule has 5 nitrogen and oxygen atoms in total. The lowest BCUT2D eigenvalue weighted by Crippen LogP contribution is -2.40. The quantitative estimate of drug-likeness (QED) is 0.714. The van der Waals surface area contributed by atoms with Crippen molar-refractivity contribution in [3.8, 4) is 17.1 Å². The molecule has 6 heteroatoms. The number of ether oxygens (including phenoxy) is 1. The van der Waals surface area contributed by atoms with E-state index in [4.69, 9.17) is 4.74 Å². The van der Waals surface area contributed by atoms with Gasteiger partial charge in [-0.15, -0.1) is 0 Å². The van der Waals surface area contributed by atoms with Crippen molar-refractivity contribution in [1.82, 2.24) is 14.9 Å². The second kappa shape index (κ2) is 8.57. The minimum absolute atomic E-state index is 0.0678. The third-order valence-electron chi connectivity index (χ3n) is 5.11. The van der Waals surface area contributed by atoms with Gasteiger partial charge in [0.05, 0.1) is 0 Å². The molecule has 1 unspecified atom stereocenters. The highest BCUT2D eigenvalue weighted by Gasteiger charge is 2.22. The second-order valence-electron chi connectivity index (χ2n) is 7.46. The number of hydrogen-bond donors (Lipinski definition) is 1. The van der Waals surface area contributed by atoms with Gasteiger partial charge >= 0.3 is 0 Å². The van der Waals surface area contributed by atoms with E-state index < -0.39 is 0 Å². The number of rotatable bonds is 5. The lowest BCUT2D eigenvalue weighted by Gasteiger charge is -2.33.